The highest BCUT2D eigenvalue weighted by Crippen LogP contribution is 2.24. The van der Waals surface area contributed by atoms with E-state index in [0.717, 1.165) is 31.2 Å². The summed E-state index contributed by atoms with van der Waals surface area (Å²) in [7, 11) is 0. The van der Waals surface area contributed by atoms with E-state index >= 15 is 0 Å². The molecule has 0 heterocycles. The highest BCUT2D eigenvalue weighted by Gasteiger charge is 2.21. The van der Waals surface area contributed by atoms with Crippen molar-refractivity contribution in [3.05, 3.63) is 59.2 Å². The normalized spacial score (nSPS) is 12.5. The van der Waals surface area contributed by atoms with E-state index in [9.17, 15) is 4.79 Å². The first-order valence-electron chi connectivity index (χ1n) is 10.0. The van der Waals surface area contributed by atoms with Crippen molar-refractivity contribution >= 4 is 5.97 Å². The molecule has 1 aromatic carbocycles. The van der Waals surface area contributed by atoms with Gasteiger partial charge in [0.1, 0.15) is 6.61 Å². The van der Waals surface area contributed by atoms with Crippen molar-refractivity contribution in [3.63, 3.8) is 0 Å². The van der Waals surface area contributed by atoms with Gasteiger partial charge in [-0.05, 0) is 51.7 Å². The molecular formula is C24H36O2. The van der Waals surface area contributed by atoms with Crippen molar-refractivity contribution in [2.75, 3.05) is 6.61 Å². The largest absolute Gasteiger partial charge is 0.461 e. The number of carbonyl (C=O) groups excluding carboxylic acids is 1. The maximum absolute atomic E-state index is 12.6. The van der Waals surface area contributed by atoms with Crippen LogP contribution in [0.15, 0.2) is 53.6 Å². The molecule has 0 N–H and O–H groups in total. The fourth-order valence-electron chi connectivity index (χ4n) is 2.94. The zero-order chi connectivity index (χ0) is 19.2. The lowest BCUT2D eigenvalue weighted by Gasteiger charge is -2.16. The second-order valence-corrected chi connectivity index (χ2v) is 7.31. The van der Waals surface area contributed by atoms with E-state index in [1.165, 1.54) is 30.4 Å². The van der Waals surface area contributed by atoms with Gasteiger partial charge in [0, 0.05) is 0 Å². The van der Waals surface area contributed by atoms with E-state index in [2.05, 4.69) is 33.8 Å². The van der Waals surface area contributed by atoms with E-state index in [0.29, 0.717) is 6.61 Å². The monoisotopic (exact) mass is 356 g/mol. The third kappa shape index (κ3) is 9.60. The van der Waals surface area contributed by atoms with Gasteiger partial charge in [0.05, 0.1) is 5.92 Å². The van der Waals surface area contributed by atoms with Crippen LogP contribution in [0.1, 0.15) is 84.1 Å². The second kappa shape index (κ2) is 13.4. The third-order valence-electron chi connectivity index (χ3n) is 4.58. The molecule has 0 aliphatic rings. The van der Waals surface area contributed by atoms with Crippen LogP contribution in [-0.2, 0) is 9.53 Å². The molecule has 0 saturated heterocycles. The summed E-state index contributed by atoms with van der Waals surface area (Å²) in [6.45, 7) is 8.91. The molecule has 0 aliphatic heterocycles. The van der Waals surface area contributed by atoms with Gasteiger partial charge in [-0.2, -0.15) is 0 Å². The topological polar surface area (TPSA) is 26.3 Å². The van der Waals surface area contributed by atoms with Gasteiger partial charge in [0.25, 0.3) is 0 Å². The third-order valence-corrected chi connectivity index (χ3v) is 4.58. The lowest BCUT2D eigenvalue weighted by atomic mass is 9.93. The van der Waals surface area contributed by atoms with Crippen LogP contribution in [0.3, 0.4) is 0 Å². The van der Waals surface area contributed by atoms with Gasteiger partial charge in [-0.1, -0.05) is 80.2 Å². The highest BCUT2D eigenvalue weighted by molar-refractivity contribution is 5.78. The summed E-state index contributed by atoms with van der Waals surface area (Å²) < 4.78 is 5.58. The Morgan fingerprint density at radius 3 is 2.42 bits per heavy atom. The maximum atomic E-state index is 12.6. The van der Waals surface area contributed by atoms with E-state index in [1.54, 1.807) is 0 Å². The molecule has 0 amide bonds. The van der Waals surface area contributed by atoms with Crippen LogP contribution in [0.25, 0.3) is 0 Å². The van der Waals surface area contributed by atoms with Crippen molar-refractivity contribution in [2.45, 2.75) is 78.6 Å². The summed E-state index contributed by atoms with van der Waals surface area (Å²) >= 11 is 0. The molecule has 1 atom stereocenters. The molecule has 0 spiro atoms. The molecule has 1 aromatic rings. The maximum Gasteiger partial charge on any atom is 0.313 e. The van der Waals surface area contributed by atoms with Gasteiger partial charge in [0.15, 0.2) is 0 Å². The van der Waals surface area contributed by atoms with Crippen LogP contribution >= 0.6 is 0 Å². The average molecular weight is 357 g/mol. The number of allylic oxidation sites excluding steroid dienone is 3. The molecule has 0 saturated carbocycles. The summed E-state index contributed by atoms with van der Waals surface area (Å²) in [6.07, 6.45) is 11.9. The Hall–Kier alpha value is -1.83. The zero-order valence-electron chi connectivity index (χ0n) is 17.1. The van der Waals surface area contributed by atoms with Crippen LogP contribution in [0.2, 0.25) is 0 Å². The van der Waals surface area contributed by atoms with Gasteiger partial charge < -0.3 is 4.74 Å². The number of unbranched alkanes of at least 4 members (excludes halogenated alkanes) is 3. The Bertz CT molecular complexity index is 565. The van der Waals surface area contributed by atoms with E-state index in [1.807, 2.05) is 36.4 Å². The average Bonchev–Trinajstić information content (AvgIpc) is 2.62. The Morgan fingerprint density at radius 1 is 1.04 bits per heavy atom. The minimum atomic E-state index is -0.146. The Balaban J connectivity index is 2.55. The second-order valence-electron chi connectivity index (χ2n) is 7.31. The zero-order valence-corrected chi connectivity index (χ0v) is 17.1. The van der Waals surface area contributed by atoms with Crippen molar-refractivity contribution in [1.82, 2.24) is 0 Å². The summed E-state index contributed by atoms with van der Waals surface area (Å²) in [5.74, 6) is -0.242. The lowest BCUT2D eigenvalue weighted by molar-refractivity contribution is -0.144. The predicted octanol–water partition coefficient (Wildman–Crippen LogP) is 6.98. The Kier molecular flexibility index (Phi) is 11.4. The quantitative estimate of drug-likeness (QED) is 0.229. The van der Waals surface area contributed by atoms with Gasteiger partial charge in [-0.3, -0.25) is 4.79 Å². The van der Waals surface area contributed by atoms with Crippen LogP contribution in [-0.4, -0.2) is 12.6 Å². The molecular weight excluding hydrogens is 320 g/mol. The smallest absolute Gasteiger partial charge is 0.313 e. The molecule has 26 heavy (non-hydrogen) atoms. The van der Waals surface area contributed by atoms with E-state index in [4.69, 9.17) is 4.74 Å². The Labute approximate surface area is 160 Å². The molecule has 0 bridgehead atoms. The first kappa shape index (κ1) is 22.2. The standard InChI is InChI=1S/C24H36O2/c1-5-6-7-11-17-23(22-15-9-8-10-16-22)24(25)26-19-18-21(4)14-12-13-20(2)3/h8-10,13,15-16,18,23H,5-7,11-12,14,17,19H2,1-4H3/b21-18+. The first-order chi connectivity index (χ1) is 12.5. The summed E-state index contributed by atoms with van der Waals surface area (Å²) in [5, 5.41) is 0. The van der Waals surface area contributed by atoms with Crippen LogP contribution in [0.4, 0.5) is 0 Å². The van der Waals surface area contributed by atoms with Crippen LogP contribution < -0.4 is 0 Å². The molecule has 0 aromatic heterocycles. The van der Waals surface area contributed by atoms with Crippen molar-refractivity contribution < 1.29 is 9.53 Å². The predicted molar refractivity (Wildman–Crippen MR) is 111 cm³/mol. The molecule has 0 radical (unpaired) electrons. The molecule has 1 rings (SSSR count). The van der Waals surface area contributed by atoms with E-state index in [-0.39, 0.29) is 11.9 Å². The van der Waals surface area contributed by atoms with Crippen molar-refractivity contribution in [2.24, 2.45) is 0 Å². The lowest BCUT2D eigenvalue weighted by Crippen LogP contribution is -2.16. The highest BCUT2D eigenvalue weighted by atomic mass is 16.5. The number of ether oxygens (including phenoxy) is 1. The van der Waals surface area contributed by atoms with Gasteiger partial charge >= 0.3 is 5.97 Å². The molecule has 0 aliphatic carbocycles. The molecule has 144 valence electrons. The number of benzene rings is 1. The molecule has 0 fully saturated rings. The number of carbonyl (C=O) groups is 1. The molecule has 2 heteroatoms. The molecule has 1 unspecified atom stereocenters. The number of rotatable bonds is 12. The fraction of sp³-hybridized carbons (Fsp3) is 0.542. The number of esters is 1. The number of hydrogen-bond acceptors (Lipinski definition) is 2. The van der Waals surface area contributed by atoms with Crippen LogP contribution in [0, 0.1) is 0 Å². The van der Waals surface area contributed by atoms with Crippen LogP contribution in [0.5, 0.6) is 0 Å². The minimum absolute atomic E-state index is 0.0963. The van der Waals surface area contributed by atoms with Gasteiger partial charge in [0.2, 0.25) is 0 Å². The van der Waals surface area contributed by atoms with Gasteiger partial charge in [-0.15, -0.1) is 0 Å². The van der Waals surface area contributed by atoms with E-state index < -0.39 is 0 Å². The summed E-state index contributed by atoms with van der Waals surface area (Å²) in [5.41, 5.74) is 3.69. The van der Waals surface area contributed by atoms with Gasteiger partial charge in [-0.25, -0.2) is 0 Å². The SMILES string of the molecule is CCCCCCC(C(=O)OC/C=C(\C)CCC=C(C)C)c1ccccc1. The van der Waals surface area contributed by atoms with Crippen molar-refractivity contribution in [1.29, 1.82) is 0 Å². The minimum Gasteiger partial charge on any atom is -0.461 e. The first-order valence-corrected chi connectivity index (χ1v) is 10.0. The molecule has 2 nitrogen and oxygen atoms in total. The summed E-state index contributed by atoms with van der Waals surface area (Å²) in [4.78, 5) is 12.6. The summed E-state index contributed by atoms with van der Waals surface area (Å²) in [6, 6.07) is 10.0. The number of hydrogen-bond donors (Lipinski definition) is 0. The van der Waals surface area contributed by atoms with Crippen molar-refractivity contribution in [3.8, 4) is 0 Å². The fourth-order valence-corrected chi connectivity index (χ4v) is 2.94. The Morgan fingerprint density at radius 2 is 1.77 bits per heavy atom.